The maximum absolute atomic E-state index is 14.2. The summed E-state index contributed by atoms with van der Waals surface area (Å²) in [6.07, 6.45) is 2.22. The van der Waals surface area contributed by atoms with Crippen LogP contribution in [0.25, 0.3) is 10.9 Å². The van der Waals surface area contributed by atoms with Crippen LogP contribution in [0.3, 0.4) is 0 Å². The maximum Gasteiger partial charge on any atom is 0.227 e. The summed E-state index contributed by atoms with van der Waals surface area (Å²) in [5.74, 6) is -0.796. The number of nitrogens with zero attached hydrogens (tertiary/aromatic N) is 1. The molecule has 3 aromatic rings. The van der Waals surface area contributed by atoms with Gasteiger partial charge in [-0.2, -0.15) is 0 Å². The van der Waals surface area contributed by atoms with E-state index in [9.17, 15) is 17.6 Å². The Labute approximate surface area is 163 Å². The molecule has 0 aliphatic carbocycles. The number of benzene rings is 2. The van der Waals surface area contributed by atoms with Crippen LogP contribution < -0.4 is 0 Å². The molecule has 0 radical (unpaired) electrons. The molecule has 1 N–H and O–H groups in total. The third-order valence-electron chi connectivity index (χ3n) is 5.36. The molecule has 2 heterocycles. The van der Waals surface area contributed by atoms with E-state index in [4.69, 9.17) is 0 Å². The molecule has 0 spiro atoms. The molecular formula is C21H21FN2O3S. The average molecular weight is 400 g/mol. The number of aromatic amines is 1. The first kappa shape index (κ1) is 18.7. The fraction of sp³-hybridized carbons (Fsp3) is 0.286. The van der Waals surface area contributed by atoms with E-state index in [1.165, 1.54) is 12.1 Å². The Morgan fingerprint density at radius 2 is 1.86 bits per heavy atom. The fourth-order valence-electron chi connectivity index (χ4n) is 3.83. The van der Waals surface area contributed by atoms with E-state index in [-0.39, 0.29) is 36.6 Å². The van der Waals surface area contributed by atoms with E-state index in [1.807, 2.05) is 30.5 Å². The number of sulfone groups is 1. The van der Waals surface area contributed by atoms with E-state index in [0.717, 1.165) is 16.5 Å². The van der Waals surface area contributed by atoms with Crippen molar-refractivity contribution in [2.24, 2.45) is 0 Å². The van der Waals surface area contributed by atoms with Crippen molar-refractivity contribution in [3.63, 3.8) is 0 Å². The van der Waals surface area contributed by atoms with Crippen molar-refractivity contribution < 1.29 is 17.6 Å². The number of hydrogen-bond acceptors (Lipinski definition) is 3. The van der Waals surface area contributed by atoms with Crippen molar-refractivity contribution in [1.82, 2.24) is 9.88 Å². The van der Waals surface area contributed by atoms with E-state index in [2.05, 4.69) is 4.98 Å². The smallest absolute Gasteiger partial charge is 0.227 e. The van der Waals surface area contributed by atoms with Crippen molar-refractivity contribution in [2.45, 2.75) is 18.1 Å². The number of rotatable bonds is 3. The Bertz CT molecular complexity index is 1120. The molecule has 1 aromatic heterocycles. The average Bonchev–Trinajstić information content (AvgIpc) is 3.00. The van der Waals surface area contributed by atoms with E-state index in [1.54, 1.807) is 17.0 Å². The van der Waals surface area contributed by atoms with E-state index < -0.39 is 20.9 Å². The number of aromatic nitrogens is 1. The number of carbonyl (C=O) groups is 1. The van der Waals surface area contributed by atoms with Crippen LogP contribution in [0.2, 0.25) is 0 Å². The summed E-state index contributed by atoms with van der Waals surface area (Å²) in [5.41, 5.74) is 2.04. The number of para-hydroxylation sites is 1. The number of nitrogens with one attached hydrogen (secondary N) is 1. The van der Waals surface area contributed by atoms with Gasteiger partial charge in [0.25, 0.3) is 0 Å². The highest BCUT2D eigenvalue weighted by atomic mass is 32.2. The number of amides is 1. The first-order valence-corrected chi connectivity index (χ1v) is 11.0. The first-order valence-electron chi connectivity index (χ1n) is 9.24. The minimum atomic E-state index is -3.54. The van der Waals surface area contributed by atoms with Gasteiger partial charge in [0.1, 0.15) is 5.82 Å². The van der Waals surface area contributed by atoms with Gasteiger partial charge in [-0.25, -0.2) is 12.8 Å². The molecule has 28 heavy (non-hydrogen) atoms. The normalized spacial score (nSPS) is 19.5. The monoisotopic (exact) mass is 400 g/mol. The lowest BCUT2D eigenvalue weighted by Gasteiger charge is -2.20. The number of carbonyl (C=O) groups excluding carboxylic acids is 1. The third kappa shape index (κ3) is 3.54. The zero-order valence-corrected chi connectivity index (χ0v) is 16.1. The summed E-state index contributed by atoms with van der Waals surface area (Å²) in [6.45, 7) is 0.424. The maximum atomic E-state index is 14.2. The van der Waals surface area contributed by atoms with Crippen molar-refractivity contribution >= 4 is 26.6 Å². The van der Waals surface area contributed by atoms with Gasteiger partial charge in [0, 0.05) is 35.8 Å². The molecular weight excluding hydrogens is 379 g/mol. The van der Waals surface area contributed by atoms with Gasteiger partial charge >= 0.3 is 0 Å². The summed E-state index contributed by atoms with van der Waals surface area (Å²) in [4.78, 5) is 17.6. The van der Waals surface area contributed by atoms with Gasteiger partial charge in [0.05, 0.1) is 17.4 Å². The van der Waals surface area contributed by atoms with Crippen LogP contribution in [0.15, 0.2) is 54.7 Å². The predicted octanol–water partition coefficient (Wildman–Crippen LogP) is 3.24. The van der Waals surface area contributed by atoms with Crippen molar-refractivity contribution in [3.05, 3.63) is 71.7 Å². The Morgan fingerprint density at radius 1 is 1.11 bits per heavy atom. The minimum Gasteiger partial charge on any atom is -0.361 e. The second-order valence-corrected chi connectivity index (χ2v) is 9.39. The Kier molecular flexibility index (Phi) is 4.93. The van der Waals surface area contributed by atoms with Crippen LogP contribution in [-0.4, -0.2) is 43.1 Å². The third-order valence-corrected chi connectivity index (χ3v) is 7.47. The van der Waals surface area contributed by atoms with Crippen LogP contribution in [0.5, 0.6) is 0 Å². The molecule has 1 amide bonds. The molecule has 5 nitrogen and oxygen atoms in total. The molecule has 1 saturated heterocycles. The van der Waals surface area contributed by atoms with Crippen LogP contribution in [-0.2, 0) is 21.1 Å². The van der Waals surface area contributed by atoms with Crippen molar-refractivity contribution in [3.8, 4) is 0 Å². The van der Waals surface area contributed by atoms with E-state index in [0.29, 0.717) is 6.54 Å². The highest BCUT2D eigenvalue weighted by molar-refractivity contribution is 7.91. The van der Waals surface area contributed by atoms with Gasteiger partial charge in [0.15, 0.2) is 9.84 Å². The second-order valence-electron chi connectivity index (χ2n) is 7.08. The highest BCUT2D eigenvalue weighted by Crippen LogP contribution is 2.31. The standard InChI is InChI=1S/C21H21FN2O3S/c22-18-7-3-1-6-17(18)20-9-10-24(11-12-28(20,26)27)21(25)13-15-14-23-19-8-4-2-5-16(15)19/h1-8,14,20,23H,9-13H2. The summed E-state index contributed by atoms with van der Waals surface area (Å²) < 4.78 is 39.6. The lowest BCUT2D eigenvalue weighted by molar-refractivity contribution is -0.130. The van der Waals surface area contributed by atoms with Gasteiger partial charge in [-0.05, 0) is 24.1 Å². The quantitative estimate of drug-likeness (QED) is 0.734. The second kappa shape index (κ2) is 7.39. The Hall–Kier alpha value is -2.67. The predicted molar refractivity (Wildman–Crippen MR) is 106 cm³/mol. The summed E-state index contributed by atoms with van der Waals surface area (Å²) in [7, 11) is -3.54. The molecule has 1 aliphatic heterocycles. The molecule has 4 rings (SSSR count). The van der Waals surface area contributed by atoms with Crippen LogP contribution in [0.1, 0.15) is 22.8 Å². The van der Waals surface area contributed by atoms with Crippen LogP contribution in [0, 0.1) is 5.82 Å². The first-order chi connectivity index (χ1) is 13.5. The Balaban J connectivity index is 1.53. The molecule has 1 fully saturated rings. The lowest BCUT2D eigenvalue weighted by Crippen LogP contribution is -2.34. The van der Waals surface area contributed by atoms with Crippen LogP contribution >= 0.6 is 0 Å². The van der Waals surface area contributed by atoms with Crippen molar-refractivity contribution in [1.29, 1.82) is 0 Å². The zero-order valence-electron chi connectivity index (χ0n) is 15.3. The number of hydrogen-bond donors (Lipinski definition) is 1. The van der Waals surface area contributed by atoms with Crippen LogP contribution in [0.4, 0.5) is 4.39 Å². The lowest BCUT2D eigenvalue weighted by atomic mass is 10.1. The van der Waals surface area contributed by atoms with E-state index >= 15 is 0 Å². The number of fused-ring (bicyclic) bond motifs is 1. The van der Waals surface area contributed by atoms with Gasteiger partial charge < -0.3 is 9.88 Å². The van der Waals surface area contributed by atoms with Gasteiger partial charge in [-0.15, -0.1) is 0 Å². The molecule has 7 heteroatoms. The highest BCUT2D eigenvalue weighted by Gasteiger charge is 2.34. The number of halogens is 1. The van der Waals surface area contributed by atoms with Gasteiger partial charge in [0.2, 0.25) is 5.91 Å². The summed E-state index contributed by atoms with van der Waals surface area (Å²) >= 11 is 0. The topological polar surface area (TPSA) is 70.2 Å². The molecule has 0 bridgehead atoms. The largest absolute Gasteiger partial charge is 0.361 e. The summed E-state index contributed by atoms with van der Waals surface area (Å²) in [5, 5.41) is 0.0714. The molecule has 1 aliphatic rings. The van der Waals surface area contributed by atoms with Gasteiger partial charge in [-0.1, -0.05) is 36.4 Å². The molecule has 2 aromatic carbocycles. The molecule has 0 saturated carbocycles. The molecule has 1 atom stereocenters. The number of H-pyrrole nitrogens is 1. The minimum absolute atomic E-state index is 0.117. The fourth-order valence-corrected chi connectivity index (χ4v) is 5.63. The summed E-state index contributed by atoms with van der Waals surface area (Å²) in [6, 6.07) is 13.7. The molecule has 146 valence electrons. The zero-order chi connectivity index (χ0) is 19.7. The van der Waals surface area contributed by atoms with Crippen molar-refractivity contribution in [2.75, 3.05) is 18.8 Å². The SMILES string of the molecule is O=C(Cc1c[nH]c2ccccc12)N1CCC(c2ccccc2F)S(=O)(=O)CC1. The Morgan fingerprint density at radius 3 is 2.68 bits per heavy atom. The van der Waals surface area contributed by atoms with Gasteiger partial charge in [-0.3, -0.25) is 4.79 Å². The molecule has 1 unspecified atom stereocenters.